The lowest BCUT2D eigenvalue weighted by atomic mass is 10.0. The number of carbonyl (C=O) groups excluding carboxylic acids is 1. The van der Waals surface area contributed by atoms with E-state index < -0.39 is 6.09 Å². The summed E-state index contributed by atoms with van der Waals surface area (Å²) < 4.78 is 21.5. The van der Waals surface area contributed by atoms with Crippen LogP contribution in [0.5, 0.6) is 17.2 Å². The average molecular weight is 359 g/mol. The summed E-state index contributed by atoms with van der Waals surface area (Å²) in [7, 11) is 4.71. The Balaban J connectivity index is 2.15. The van der Waals surface area contributed by atoms with Crippen LogP contribution in [-0.2, 0) is 11.3 Å². The van der Waals surface area contributed by atoms with Gasteiger partial charge in [-0.05, 0) is 12.0 Å². The minimum absolute atomic E-state index is 0.208. The molecule has 0 saturated carbocycles. The highest BCUT2D eigenvalue weighted by molar-refractivity contribution is 5.69. The standard InChI is InChI=1S/C20H25NO5/c1-5-16(21-20(22)26-13-14-9-7-6-8-10-14)19-17(24-3)11-15(23-2)12-18(19)25-4/h6-12,16H,5,13H2,1-4H3,(H,21,22). The third-order valence-electron chi connectivity index (χ3n) is 4.01. The summed E-state index contributed by atoms with van der Waals surface area (Å²) in [4.78, 5) is 12.2. The lowest BCUT2D eigenvalue weighted by molar-refractivity contribution is 0.135. The Kier molecular flexibility index (Phi) is 7.14. The van der Waals surface area contributed by atoms with Gasteiger partial charge in [0.05, 0.1) is 32.9 Å². The second-order valence-electron chi connectivity index (χ2n) is 5.61. The Labute approximate surface area is 154 Å². The number of rotatable bonds is 8. The predicted octanol–water partition coefficient (Wildman–Crippen LogP) is 4.09. The van der Waals surface area contributed by atoms with Crippen LogP contribution >= 0.6 is 0 Å². The van der Waals surface area contributed by atoms with Gasteiger partial charge in [-0.2, -0.15) is 0 Å². The van der Waals surface area contributed by atoms with E-state index in [4.69, 9.17) is 18.9 Å². The Morgan fingerprint density at radius 3 is 2.12 bits per heavy atom. The molecular formula is C20H25NO5. The molecule has 0 bridgehead atoms. The molecule has 0 aromatic heterocycles. The zero-order valence-electron chi connectivity index (χ0n) is 15.6. The normalized spacial score (nSPS) is 11.4. The number of nitrogens with one attached hydrogen (secondary N) is 1. The van der Waals surface area contributed by atoms with E-state index in [1.54, 1.807) is 33.5 Å². The molecule has 0 aliphatic heterocycles. The van der Waals surface area contributed by atoms with Crippen molar-refractivity contribution in [2.24, 2.45) is 0 Å². The molecule has 0 fully saturated rings. The number of hydrogen-bond donors (Lipinski definition) is 1. The van der Waals surface area contributed by atoms with Crippen LogP contribution in [0.15, 0.2) is 42.5 Å². The van der Waals surface area contributed by atoms with E-state index in [1.807, 2.05) is 37.3 Å². The van der Waals surface area contributed by atoms with E-state index in [0.29, 0.717) is 23.7 Å². The first kappa shape index (κ1) is 19.4. The summed E-state index contributed by atoms with van der Waals surface area (Å²) >= 11 is 0. The van der Waals surface area contributed by atoms with E-state index in [9.17, 15) is 4.79 Å². The first-order valence-electron chi connectivity index (χ1n) is 8.40. The quantitative estimate of drug-likeness (QED) is 0.769. The summed E-state index contributed by atoms with van der Waals surface area (Å²) in [6.45, 7) is 2.17. The molecule has 1 N–H and O–H groups in total. The largest absolute Gasteiger partial charge is 0.496 e. The highest BCUT2D eigenvalue weighted by Gasteiger charge is 2.23. The third-order valence-corrected chi connectivity index (χ3v) is 4.01. The number of ether oxygens (including phenoxy) is 4. The van der Waals surface area contributed by atoms with Crippen LogP contribution in [-0.4, -0.2) is 27.4 Å². The van der Waals surface area contributed by atoms with Crippen molar-refractivity contribution in [3.8, 4) is 17.2 Å². The van der Waals surface area contributed by atoms with Crippen molar-refractivity contribution in [2.45, 2.75) is 26.0 Å². The molecule has 2 aromatic carbocycles. The highest BCUT2D eigenvalue weighted by Crippen LogP contribution is 2.39. The Hall–Kier alpha value is -2.89. The van der Waals surface area contributed by atoms with Crippen molar-refractivity contribution < 1.29 is 23.7 Å². The summed E-state index contributed by atoms with van der Waals surface area (Å²) in [5.74, 6) is 1.77. The molecule has 0 saturated heterocycles. The molecule has 1 amide bonds. The van der Waals surface area contributed by atoms with Gasteiger partial charge in [0.15, 0.2) is 0 Å². The molecule has 6 nitrogen and oxygen atoms in total. The topological polar surface area (TPSA) is 66.0 Å². The van der Waals surface area contributed by atoms with Crippen molar-refractivity contribution in [1.29, 1.82) is 0 Å². The van der Waals surface area contributed by atoms with E-state index in [1.165, 1.54) is 0 Å². The second-order valence-corrected chi connectivity index (χ2v) is 5.61. The number of benzene rings is 2. The minimum atomic E-state index is -0.499. The van der Waals surface area contributed by atoms with E-state index in [2.05, 4.69) is 5.32 Å². The van der Waals surface area contributed by atoms with Crippen LogP contribution in [0, 0.1) is 0 Å². The van der Waals surface area contributed by atoms with Crippen molar-refractivity contribution in [1.82, 2.24) is 5.32 Å². The number of carbonyl (C=O) groups is 1. The van der Waals surface area contributed by atoms with Crippen molar-refractivity contribution >= 4 is 6.09 Å². The van der Waals surface area contributed by atoms with Crippen LogP contribution in [0.2, 0.25) is 0 Å². The predicted molar refractivity (Wildman–Crippen MR) is 98.9 cm³/mol. The second kappa shape index (κ2) is 9.56. The highest BCUT2D eigenvalue weighted by atomic mass is 16.5. The fraction of sp³-hybridized carbons (Fsp3) is 0.350. The summed E-state index contributed by atoms with van der Waals surface area (Å²) in [6.07, 6.45) is 0.139. The molecule has 0 aliphatic carbocycles. The maximum atomic E-state index is 12.2. The molecule has 6 heteroatoms. The van der Waals surface area contributed by atoms with E-state index >= 15 is 0 Å². The number of alkyl carbamates (subject to hydrolysis) is 1. The van der Waals surface area contributed by atoms with Crippen LogP contribution in [0.25, 0.3) is 0 Å². The van der Waals surface area contributed by atoms with Crippen LogP contribution in [0.1, 0.15) is 30.5 Å². The molecule has 2 aromatic rings. The monoisotopic (exact) mass is 359 g/mol. The smallest absolute Gasteiger partial charge is 0.407 e. The molecule has 2 rings (SSSR count). The minimum Gasteiger partial charge on any atom is -0.496 e. The van der Waals surface area contributed by atoms with Gasteiger partial charge < -0.3 is 24.3 Å². The van der Waals surface area contributed by atoms with Crippen LogP contribution < -0.4 is 19.5 Å². The van der Waals surface area contributed by atoms with Crippen molar-refractivity contribution in [3.05, 3.63) is 53.6 Å². The number of amides is 1. The van der Waals surface area contributed by atoms with Gasteiger partial charge >= 0.3 is 6.09 Å². The summed E-state index contributed by atoms with van der Waals surface area (Å²) in [5.41, 5.74) is 1.67. The van der Waals surface area contributed by atoms with Gasteiger partial charge in [-0.1, -0.05) is 37.3 Å². The van der Waals surface area contributed by atoms with Gasteiger partial charge in [0.1, 0.15) is 23.9 Å². The molecule has 1 unspecified atom stereocenters. The van der Waals surface area contributed by atoms with Gasteiger partial charge in [0, 0.05) is 12.1 Å². The fourth-order valence-corrected chi connectivity index (χ4v) is 2.66. The zero-order chi connectivity index (χ0) is 18.9. The van der Waals surface area contributed by atoms with Crippen LogP contribution in [0.4, 0.5) is 4.79 Å². The summed E-state index contributed by atoms with van der Waals surface area (Å²) in [6, 6.07) is 12.7. The molecule has 0 radical (unpaired) electrons. The molecule has 26 heavy (non-hydrogen) atoms. The molecule has 140 valence electrons. The molecular weight excluding hydrogens is 334 g/mol. The SMILES string of the molecule is CCC(NC(=O)OCc1ccccc1)c1c(OC)cc(OC)cc1OC. The van der Waals surface area contributed by atoms with Gasteiger partial charge in [-0.15, -0.1) is 0 Å². The molecule has 1 atom stereocenters. The van der Waals surface area contributed by atoms with Crippen LogP contribution in [0.3, 0.4) is 0 Å². The number of methoxy groups -OCH3 is 3. The third kappa shape index (κ3) is 4.81. The van der Waals surface area contributed by atoms with Crippen molar-refractivity contribution in [3.63, 3.8) is 0 Å². The van der Waals surface area contributed by atoms with Crippen molar-refractivity contribution in [2.75, 3.05) is 21.3 Å². The first-order chi connectivity index (χ1) is 12.6. The lowest BCUT2D eigenvalue weighted by Crippen LogP contribution is -2.29. The molecule has 0 heterocycles. The first-order valence-corrected chi connectivity index (χ1v) is 8.40. The maximum absolute atomic E-state index is 12.2. The van der Waals surface area contributed by atoms with E-state index in [-0.39, 0.29) is 12.6 Å². The van der Waals surface area contributed by atoms with E-state index in [0.717, 1.165) is 11.1 Å². The molecule has 0 aliphatic rings. The molecule has 0 spiro atoms. The number of hydrogen-bond acceptors (Lipinski definition) is 5. The Bertz CT molecular complexity index is 692. The fourth-order valence-electron chi connectivity index (χ4n) is 2.66. The Morgan fingerprint density at radius 2 is 1.62 bits per heavy atom. The van der Waals surface area contributed by atoms with Gasteiger partial charge in [0.2, 0.25) is 0 Å². The van der Waals surface area contributed by atoms with Gasteiger partial charge in [-0.25, -0.2) is 4.79 Å². The zero-order valence-corrected chi connectivity index (χ0v) is 15.6. The van der Waals surface area contributed by atoms with Gasteiger partial charge in [0.25, 0.3) is 0 Å². The lowest BCUT2D eigenvalue weighted by Gasteiger charge is -2.23. The maximum Gasteiger partial charge on any atom is 0.407 e. The average Bonchev–Trinajstić information content (AvgIpc) is 2.70. The van der Waals surface area contributed by atoms with Gasteiger partial charge in [-0.3, -0.25) is 0 Å². The summed E-state index contributed by atoms with van der Waals surface area (Å²) in [5, 5.41) is 2.88. The Morgan fingerprint density at radius 1 is 1.00 bits per heavy atom.